The molecule has 3 heteroatoms. The van der Waals surface area contributed by atoms with Gasteiger partial charge in [-0.1, -0.05) is 24.5 Å². The van der Waals surface area contributed by atoms with Crippen molar-refractivity contribution in [3.8, 4) is 0 Å². The number of aliphatic hydroxyl groups is 2. The number of fused-ring (bicyclic) bond motifs is 1. The summed E-state index contributed by atoms with van der Waals surface area (Å²) in [5.41, 5.74) is 0.906. The van der Waals surface area contributed by atoms with Gasteiger partial charge < -0.3 is 14.6 Å². The lowest BCUT2D eigenvalue weighted by molar-refractivity contribution is -0.0801. The van der Waals surface area contributed by atoms with E-state index in [1.54, 1.807) is 0 Å². The SMILES string of the molecule is Cc1ccc2oc(C(O)C3(O)CCCC3)cc2c1. The van der Waals surface area contributed by atoms with Crippen LogP contribution in [0, 0.1) is 6.92 Å². The molecular weight excluding hydrogens is 228 g/mol. The Morgan fingerprint density at radius 2 is 1.94 bits per heavy atom. The Bertz CT molecular complexity index is 564. The number of rotatable bonds is 2. The third kappa shape index (κ3) is 1.84. The van der Waals surface area contributed by atoms with Crippen LogP contribution in [0.2, 0.25) is 0 Å². The second-order valence-corrected chi connectivity index (χ2v) is 5.40. The highest BCUT2D eigenvalue weighted by Crippen LogP contribution is 2.41. The van der Waals surface area contributed by atoms with Gasteiger partial charge in [-0.25, -0.2) is 0 Å². The summed E-state index contributed by atoms with van der Waals surface area (Å²) in [5, 5.41) is 21.7. The van der Waals surface area contributed by atoms with Gasteiger partial charge in [-0.15, -0.1) is 0 Å². The van der Waals surface area contributed by atoms with Crippen LogP contribution in [0.3, 0.4) is 0 Å². The predicted octanol–water partition coefficient (Wildman–Crippen LogP) is 3.08. The number of benzene rings is 1. The lowest BCUT2D eigenvalue weighted by Crippen LogP contribution is -2.32. The highest BCUT2D eigenvalue weighted by molar-refractivity contribution is 5.78. The molecule has 2 aromatic rings. The van der Waals surface area contributed by atoms with Crippen LogP contribution < -0.4 is 0 Å². The number of hydrogen-bond donors (Lipinski definition) is 2. The maximum absolute atomic E-state index is 10.4. The molecule has 1 aromatic carbocycles. The maximum Gasteiger partial charge on any atom is 0.140 e. The zero-order valence-corrected chi connectivity index (χ0v) is 10.5. The summed E-state index contributed by atoms with van der Waals surface area (Å²) in [6, 6.07) is 7.74. The minimum Gasteiger partial charge on any atom is -0.458 e. The van der Waals surface area contributed by atoms with E-state index in [0.717, 1.165) is 29.4 Å². The third-order valence-corrected chi connectivity index (χ3v) is 3.94. The first kappa shape index (κ1) is 11.8. The summed E-state index contributed by atoms with van der Waals surface area (Å²) in [7, 11) is 0. The zero-order valence-electron chi connectivity index (χ0n) is 10.5. The van der Waals surface area contributed by atoms with Crippen LogP contribution in [0.1, 0.15) is 43.1 Å². The van der Waals surface area contributed by atoms with Crippen LogP contribution in [0.25, 0.3) is 11.0 Å². The van der Waals surface area contributed by atoms with E-state index in [-0.39, 0.29) is 0 Å². The van der Waals surface area contributed by atoms with Crippen molar-refractivity contribution in [2.24, 2.45) is 0 Å². The molecule has 1 aliphatic carbocycles. The van der Waals surface area contributed by atoms with Gasteiger partial charge in [0, 0.05) is 5.39 Å². The van der Waals surface area contributed by atoms with E-state index in [0.29, 0.717) is 18.6 Å². The number of aryl methyl sites for hydroxylation is 1. The van der Waals surface area contributed by atoms with E-state index in [1.165, 1.54) is 0 Å². The highest BCUT2D eigenvalue weighted by atomic mass is 16.4. The quantitative estimate of drug-likeness (QED) is 0.856. The molecule has 96 valence electrons. The molecule has 1 atom stereocenters. The van der Waals surface area contributed by atoms with Gasteiger partial charge >= 0.3 is 0 Å². The molecule has 0 saturated heterocycles. The lowest BCUT2D eigenvalue weighted by Gasteiger charge is -2.26. The van der Waals surface area contributed by atoms with Crippen molar-refractivity contribution in [3.63, 3.8) is 0 Å². The Hall–Kier alpha value is -1.32. The average Bonchev–Trinajstić information content (AvgIpc) is 2.94. The predicted molar refractivity (Wildman–Crippen MR) is 69.3 cm³/mol. The molecular formula is C15H18O3. The average molecular weight is 246 g/mol. The van der Waals surface area contributed by atoms with E-state index in [2.05, 4.69) is 0 Å². The van der Waals surface area contributed by atoms with Crippen molar-refractivity contribution in [3.05, 3.63) is 35.6 Å². The van der Waals surface area contributed by atoms with Crippen LogP contribution >= 0.6 is 0 Å². The standard InChI is InChI=1S/C15H18O3/c1-10-4-5-12-11(8-10)9-13(18-12)14(16)15(17)6-2-3-7-15/h4-5,8-9,14,16-17H,2-3,6-7H2,1H3. The molecule has 0 spiro atoms. The van der Waals surface area contributed by atoms with E-state index < -0.39 is 11.7 Å². The second kappa shape index (κ2) is 4.11. The summed E-state index contributed by atoms with van der Waals surface area (Å²) in [4.78, 5) is 0. The van der Waals surface area contributed by atoms with Gasteiger partial charge in [-0.2, -0.15) is 0 Å². The minimum atomic E-state index is -1.01. The van der Waals surface area contributed by atoms with Gasteiger partial charge in [0.1, 0.15) is 17.4 Å². The van der Waals surface area contributed by atoms with E-state index in [9.17, 15) is 10.2 Å². The Morgan fingerprint density at radius 1 is 1.22 bits per heavy atom. The number of hydrogen-bond acceptors (Lipinski definition) is 3. The summed E-state index contributed by atoms with van der Waals surface area (Å²) in [5.74, 6) is 0.472. The van der Waals surface area contributed by atoms with Crippen LogP contribution in [0.4, 0.5) is 0 Å². The fourth-order valence-electron chi connectivity index (χ4n) is 2.84. The molecule has 1 fully saturated rings. The van der Waals surface area contributed by atoms with Crippen LogP contribution in [0.15, 0.2) is 28.7 Å². The van der Waals surface area contributed by atoms with Crippen LogP contribution in [-0.4, -0.2) is 15.8 Å². The monoisotopic (exact) mass is 246 g/mol. The Kier molecular flexibility index (Phi) is 2.68. The first-order valence-electron chi connectivity index (χ1n) is 6.49. The molecule has 0 amide bonds. The largest absolute Gasteiger partial charge is 0.458 e. The number of furan rings is 1. The molecule has 3 nitrogen and oxygen atoms in total. The van der Waals surface area contributed by atoms with E-state index >= 15 is 0 Å². The molecule has 0 aliphatic heterocycles. The second-order valence-electron chi connectivity index (χ2n) is 5.40. The molecule has 1 heterocycles. The van der Waals surface area contributed by atoms with Crippen molar-refractivity contribution < 1.29 is 14.6 Å². The van der Waals surface area contributed by atoms with Gasteiger partial charge in [-0.05, 0) is 38.0 Å². The minimum absolute atomic E-state index is 0.472. The van der Waals surface area contributed by atoms with E-state index in [1.807, 2.05) is 31.2 Å². The first-order chi connectivity index (χ1) is 8.58. The Morgan fingerprint density at radius 3 is 2.67 bits per heavy atom. The van der Waals surface area contributed by atoms with Crippen molar-refractivity contribution in [1.82, 2.24) is 0 Å². The maximum atomic E-state index is 10.4. The topological polar surface area (TPSA) is 53.6 Å². The van der Waals surface area contributed by atoms with Crippen molar-refractivity contribution in [2.75, 3.05) is 0 Å². The molecule has 1 aliphatic rings. The van der Waals surface area contributed by atoms with Crippen LogP contribution in [-0.2, 0) is 0 Å². The smallest absolute Gasteiger partial charge is 0.140 e. The van der Waals surface area contributed by atoms with Gasteiger partial charge in [0.05, 0.1) is 5.60 Å². The van der Waals surface area contributed by atoms with E-state index in [4.69, 9.17) is 4.42 Å². The summed E-state index contributed by atoms with van der Waals surface area (Å²) in [6.07, 6.45) is 2.29. The van der Waals surface area contributed by atoms with Crippen LogP contribution in [0.5, 0.6) is 0 Å². The molecule has 1 unspecified atom stereocenters. The molecule has 0 bridgehead atoms. The van der Waals surface area contributed by atoms with Crippen molar-refractivity contribution in [2.45, 2.75) is 44.3 Å². The van der Waals surface area contributed by atoms with Gasteiger partial charge in [0.25, 0.3) is 0 Å². The van der Waals surface area contributed by atoms with Crippen molar-refractivity contribution in [1.29, 1.82) is 0 Å². The lowest BCUT2D eigenvalue weighted by atomic mass is 9.93. The number of aliphatic hydroxyl groups excluding tert-OH is 1. The summed E-state index contributed by atoms with van der Waals surface area (Å²) >= 11 is 0. The third-order valence-electron chi connectivity index (χ3n) is 3.94. The molecule has 3 rings (SSSR count). The van der Waals surface area contributed by atoms with Gasteiger partial charge in [-0.3, -0.25) is 0 Å². The Balaban J connectivity index is 1.98. The highest BCUT2D eigenvalue weighted by Gasteiger charge is 2.40. The van der Waals surface area contributed by atoms with Crippen molar-refractivity contribution >= 4 is 11.0 Å². The molecule has 0 radical (unpaired) electrons. The molecule has 2 N–H and O–H groups in total. The molecule has 18 heavy (non-hydrogen) atoms. The zero-order chi connectivity index (χ0) is 12.8. The summed E-state index contributed by atoms with van der Waals surface area (Å²) < 4.78 is 5.65. The summed E-state index contributed by atoms with van der Waals surface area (Å²) in [6.45, 7) is 2.02. The van der Waals surface area contributed by atoms with Gasteiger partial charge in [0.2, 0.25) is 0 Å². The molecule has 1 aromatic heterocycles. The van der Waals surface area contributed by atoms with Gasteiger partial charge in [0.15, 0.2) is 0 Å². The molecule has 1 saturated carbocycles. The fraction of sp³-hybridized carbons (Fsp3) is 0.467. The Labute approximate surface area is 106 Å². The normalized spacial score (nSPS) is 20.4. The fourth-order valence-corrected chi connectivity index (χ4v) is 2.84. The first-order valence-corrected chi connectivity index (χ1v) is 6.49.